The van der Waals surface area contributed by atoms with E-state index in [1.165, 1.54) is 12.8 Å². The maximum atomic E-state index is 11.2. The molecule has 2 heterocycles. The van der Waals surface area contributed by atoms with Crippen molar-refractivity contribution in [2.75, 3.05) is 19.6 Å². The zero-order valence-electron chi connectivity index (χ0n) is 7.55. The number of piperidine rings is 1. The van der Waals surface area contributed by atoms with Crippen LogP contribution in [0.15, 0.2) is 0 Å². The van der Waals surface area contributed by atoms with Crippen LogP contribution in [-0.2, 0) is 4.79 Å². The fraction of sp³-hybridized carbons (Fsp3) is 0.889. The number of hydrogen-bond donors (Lipinski definition) is 1. The largest absolute Gasteiger partial charge is 0.338 e. The number of likely N-dealkylation sites (tertiary alicyclic amines) is 1. The monoisotopic (exact) mass is 168 g/mol. The summed E-state index contributed by atoms with van der Waals surface area (Å²) in [4.78, 5) is 13.3. The summed E-state index contributed by atoms with van der Waals surface area (Å²) in [6.07, 6.45) is 2.48. The zero-order valence-corrected chi connectivity index (χ0v) is 7.55. The Kier molecular flexibility index (Phi) is 2.05. The molecule has 0 bridgehead atoms. The molecule has 1 N–H and O–H groups in total. The van der Waals surface area contributed by atoms with E-state index in [9.17, 15) is 4.79 Å². The molecule has 0 spiro atoms. The lowest BCUT2D eigenvalue weighted by Crippen LogP contribution is -2.47. The van der Waals surface area contributed by atoms with Crippen LogP contribution < -0.4 is 5.32 Å². The van der Waals surface area contributed by atoms with Crippen molar-refractivity contribution in [3.05, 3.63) is 0 Å². The summed E-state index contributed by atoms with van der Waals surface area (Å²) >= 11 is 0. The summed E-state index contributed by atoms with van der Waals surface area (Å²) in [5.41, 5.74) is 0. The predicted molar refractivity (Wildman–Crippen MR) is 46.8 cm³/mol. The quantitative estimate of drug-likeness (QED) is 0.561. The summed E-state index contributed by atoms with van der Waals surface area (Å²) < 4.78 is 0. The molecule has 3 heteroatoms. The van der Waals surface area contributed by atoms with E-state index in [4.69, 9.17) is 0 Å². The lowest BCUT2D eigenvalue weighted by Gasteiger charge is -2.36. The van der Waals surface area contributed by atoms with Crippen molar-refractivity contribution in [1.29, 1.82) is 0 Å². The molecule has 0 radical (unpaired) electrons. The van der Waals surface area contributed by atoms with Gasteiger partial charge in [-0.2, -0.15) is 0 Å². The Balaban J connectivity index is 2.08. The van der Waals surface area contributed by atoms with E-state index >= 15 is 0 Å². The molecular weight excluding hydrogens is 152 g/mol. The van der Waals surface area contributed by atoms with Crippen LogP contribution in [0.25, 0.3) is 0 Å². The highest BCUT2D eigenvalue weighted by atomic mass is 16.2. The van der Waals surface area contributed by atoms with Gasteiger partial charge in [-0.15, -0.1) is 0 Å². The molecular formula is C9H16N2O. The van der Waals surface area contributed by atoms with Crippen LogP contribution in [0.3, 0.4) is 0 Å². The maximum absolute atomic E-state index is 11.2. The van der Waals surface area contributed by atoms with E-state index in [1.54, 1.807) is 6.92 Å². The van der Waals surface area contributed by atoms with Crippen molar-refractivity contribution in [3.8, 4) is 0 Å². The van der Waals surface area contributed by atoms with E-state index in [1.807, 2.05) is 4.90 Å². The van der Waals surface area contributed by atoms with Crippen LogP contribution >= 0.6 is 0 Å². The highest BCUT2D eigenvalue weighted by molar-refractivity contribution is 5.73. The number of rotatable bonds is 0. The van der Waals surface area contributed by atoms with E-state index in [0.717, 1.165) is 25.6 Å². The number of carbonyl (C=O) groups is 1. The Morgan fingerprint density at radius 3 is 3.08 bits per heavy atom. The minimum absolute atomic E-state index is 0.244. The topological polar surface area (TPSA) is 32.3 Å². The number of nitrogens with one attached hydrogen (secondary N) is 1. The Morgan fingerprint density at radius 1 is 1.50 bits per heavy atom. The number of hydrogen-bond acceptors (Lipinski definition) is 2. The highest BCUT2D eigenvalue weighted by Crippen LogP contribution is 2.26. The van der Waals surface area contributed by atoms with Crippen LogP contribution in [0.1, 0.15) is 19.8 Å². The summed E-state index contributed by atoms with van der Waals surface area (Å²) in [6, 6.07) is 0.497. The molecule has 12 heavy (non-hydrogen) atoms. The summed E-state index contributed by atoms with van der Waals surface area (Å²) in [6.45, 7) is 4.76. The average molecular weight is 168 g/mol. The van der Waals surface area contributed by atoms with Gasteiger partial charge in [-0.05, 0) is 18.8 Å². The van der Waals surface area contributed by atoms with E-state index < -0.39 is 0 Å². The second-order valence-electron chi connectivity index (χ2n) is 3.84. The fourth-order valence-electron chi connectivity index (χ4n) is 2.46. The first-order chi connectivity index (χ1) is 5.79. The summed E-state index contributed by atoms with van der Waals surface area (Å²) in [5.74, 6) is 0.969. The Hall–Kier alpha value is -0.570. The van der Waals surface area contributed by atoms with Crippen LogP contribution in [0.5, 0.6) is 0 Å². The molecule has 2 aliphatic rings. The van der Waals surface area contributed by atoms with Crippen molar-refractivity contribution >= 4 is 5.91 Å². The molecule has 68 valence electrons. The number of carbonyl (C=O) groups excluding carboxylic acids is 1. The molecule has 2 unspecified atom stereocenters. The molecule has 0 saturated carbocycles. The molecule has 2 aliphatic heterocycles. The fourth-order valence-corrected chi connectivity index (χ4v) is 2.46. The lowest BCUT2D eigenvalue weighted by atomic mass is 9.92. The molecule has 2 rings (SSSR count). The maximum Gasteiger partial charge on any atom is 0.219 e. The molecule has 2 atom stereocenters. The minimum atomic E-state index is 0.244. The lowest BCUT2D eigenvalue weighted by molar-refractivity contribution is -0.132. The van der Waals surface area contributed by atoms with Gasteiger partial charge in [0.05, 0.1) is 0 Å². The first kappa shape index (κ1) is 8.05. The second kappa shape index (κ2) is 3.05. The van der Waals surface area contributed by atoms with Gasteiger partial charge in [0.15, 0.2) is 0 Å². The Morgan fingerprint density at radius 2 is 2.33 bits per heavy atom. The van der Waals surface area contributed by atoms with E-state index in [-0.39, 0.29) is 5.91 Å². The molecule has 1 amide bonds. The third-order valence-electron chi connectivity index (χ3n) is 3.08. The highest BCUT2D eigenvalue weighted by Gasteiger charge is 2.35. The van der Waals surface area contributed by atoms with Crippen molar-refractivity contribution < 1.29 is 4.79 Å². The normalized spacial score (nSPS) is 34.9. The molecule has 2 fully saturated rings. The van der Waals surface area contributed by atoms with Crippen molar-refractivity contribution in [2.45, 2.75) is 25.8 Å². The summed E-state index contributed by atoms with van der Waals surface area (Å²) in [5, 5.41) is 3.36. The van der Waals surface area contributed by atoms with Crippen LogP contribution in [0, 0.1) is 5.92 Å². The van der Waals surface area contributed by atoms with Crippen molar-refractivity contribution in [1.82, 2.24) is 10.2 Å². The molecule has 0 aromatic heterocycles. The van der Waals surface area contributed by atoms with Gasteiger partial charge in [0.1, 0.15) is 0 Å². The predicted octanol–water partition coefficient (Wildman–Crippen LogP) is 0.217. The zero-order chi connectivity index (χ0) is 8.55. The third-order valence-corrected chi connectivity index (χ3v) is 3.08. The molecule has 2 saturated heterocycles. The van der Waals surface area contributed by atoms with Crippen molar-refractivity contribution in [2.24, 2.45) is 5.92 Å². The average Bonchev–Trinajstić information content (AvgIpc) is 2.49. The van der Waals surface area contributed by atoms with Gasteiger partial charge in [0.25, 0.3) is 0 Å². The Labute approximate surface area is 73.1 Å². The van der Waals surface area contributed by atoms with Gasteiger partial charge in [-0.25, -0.2) is 0 Å². The molecule has 3 nitrogen and oxygen atoms in total. The number of nitrogens with zero attached hydrogens (tertiary/aromatic N) is 1. The van der Waals surface area contributed by atoms with Gasteiger partial charge >= 0.3 is 0 Å². The van der Waals surface area contributed by atoms with Crippen molar-refractivity contribution in [3.63, 3.8) is 0 Å². The van der Waals surface area contributed by atoms with Gasteiger partial charge in [0.2, 0.25) is 5.91 Å². The number of fused-ring (bicyclic) bond motifs is 1. The van der Waals surface area contributed by atoms with E-state index in [2.05, 4.69) is 5.32 Å². The molecule has 0 aromatic carbocycles. The third kappa shape index (κ3) is 1.22. The molecule has 0 aliphatic carbocycles. The smallest absolute Gasteiger partial charge is 0.219 e. The minimum Gasteiger partial charge on any atom is -0.338 e. The van der Waals surface area contributed by atoms with Gasteiger partial charge in [0, 0.05) is 32.6 Å². The first-order valence-electron chi connectivity index (χ1n) is 4.77. The van der Waals surface area contributed by atoms with Gasteiger partial charge < -0.3 is 10.2 Å². The number of amides is 1. The van der Waals surface area contributed by atoms with Crippen LogP contribution in [0.4, 0.5) is 0 Å². The SMILES string of the molecule is CC(=O)N1CCCC2CNCC21. The van der Waals surface area contributed by atoms with Crippen LogP contribution in [0.2, 0.25) is 0 Å². The van der Waals surface area contributed by atoms with Crippen LogP contribution in [-0.4, -0.2) is 36.5 Å². The second-order valence-corrected chi connectivity index (χ2v) is 3.84. The standard InChI is InChI=1S/C9H16N2O/c1-7(12)11-4-2-3-8-5-10-6-9(8)11/h8-10H,2-6H2,1H3. The van der Waals surface area contributed by atoms with E-state index in [0.29, 0.717) is 6.04 Å². The summed E-state index contributed by atoms with van der Waals surface area (Å²) in [7, 11) is 0. The van der Waals surface area contributed by atoms with Gasteiger partial charge in [-0.3, -0.25) is 4.79 Å². The molecule has 0 aromatic rings. The first-order valence-corrected chi connectivity index (χ1v) is 4.77. The van der Waals surface area contributed by atoms with Gasteiger partial charge in [-0.1, -0.05) is 0 Å². The Bertz CT molecular complexity index is 193.